The number of ether oxygens (including phenoxy) is 2. The van der Waals surface area contributed by atoms with E-state index in [1.807, 2.05) is 19.1 Å². The Morgan fingerprint density at radius 3 is 2.82 bits per heavy atom. The van der Waals surface area contributed by atoms with E-state index >= 15 is 0 Å². The maximum Gasteiger partial charge on any atom is 0.229 e. The van der Waals surface area contributed by atoms with Crippen molar-refractivity contribution in [2.45, 2.75) is 6.92 Å². The van der Waals surface area contributed by atoms with Crippen LogP contribution in [-0.2, 0) is 0 Å². The average Bonchev–Trinajstić information content (AvgIpc) is 2.75. The molecule has 2 aromatic rings. The van der Waals surface area contributed by atoms with Gasteiger partial charge in [0.25, 0.3) is 0 Å². The van der Waals surface area contributed by atoms with E-state index < -0.39 is 0 Å². The van der Waals surface area contributed by atoms with Gasteiger partial charge in [-0.3, -0.25) is 0 Å². The second-order valence-electron chi connectivity index (χ2n) is 3.92. The van der Waals surface area contributed by atoms with Crippen LogP contribution in [0.4, 0.5) is 5.88 Å². The smallest absolute Gasteiger partial charge is 0.229 e. The topological polar surface area (TPSA) is 70.5 Å². The molecule has 0 unspecified atom stereocenters. The van der Waals surface area contributed by atoms with Crippen molar-refractivity contribution in [2.75, 3.05) is 18.9 Å². The number of aryl methyl sites for hydroxylation is 1. The molecule has 0 fully saturated rings. The largest absolute Gasteiger partial charge is 0.486 e. The van der Waals surface area contributed by atoms with E-state index in [2.05, 4.69) is 5.16 Å². The van der Waals surface area contributed by atoms with Crippen LogP contribution >= 0.6 is 0 Å². The highest BCUT2D eigenvalue weighted by Crippen LogP contribution is 2.39. The lowest BCUT2D eigenvalue weighted by atomic mass is 10.0. The zero-order valence-corrected chi connectivity index (χ0v) is 9.40. The molecule has 0 amide bonds. The molecule has 0 saturated carbocycles. The molecule has 88 valence electrons. The first-order valence-electron chi connectivity index (χ1n) is 5.36. The van der Waals surface area contributed by atoms with Gasteiger partial charge in [-0.05, 0) is 30.2 Å². The summed E-state index contributed by atoms with van der Waals surface area (Å²) in [6.45, 7) is 3.12. The fraction of sp³-hybridized carbons (Fsp3) is 0.250. The van der Waals surface area contributed by atoms with Gasteiger partial charge < -0.3 is 19.7 Å². The van der Waals surface area contributed by atoms with Crippen LogP contribution in [0.1, 0.15) is 5.56 Å². The zero-order chi connectivity index (χ0) is 11.8. The highest BCUT2D eigenvalue weighted by Gasteiger charge is 2.17. The van der Waals surface area contributed by atoms with E-state index in [9.17, 15) is 0 Å². The Bertz CT molecular complexity index is 563. The summed E-state index contributed by atoms with van der Waals surface area (Å²) in [6, 6.07) is 3.88. The molecule has 0 atom stereocenters. The van der Waals surface area contributed by atoms with Gasteiger partial charge in [0.15, 0.2) is 11.5 Å². The minimum atomic E-state index is 0.307. The highest BCUT2D eigenvalue weighted by atomic mass is 16.6. The molecule has 5 nitrogen and oxygen atoms in total. The first-order chi connectivity index (χ1) is 8.25. The summed E-state index contributed by atoms with van der Waals surface area (Å²) in [5, 5.41) is 3.67. The van der Waals surface area contributed by atoms with Gasteiger partial charge in [-0.15, -0.1) is 0 Å². The lowest BCUT2D eigenvalue weighted by Crippen LogP contribution is -2.16. The number of fused-ring (bicyclic) bond motifs is 1. The van der Waals surface area contributed by atoms with Crippen molar-refractivity contribution in [3.8, 4) is 22.6 Å². The van der Waals surface area contributed by atoms with Crippen molar-refractivity contribution < 1.29 is 14.0 Å². The third-order valence-corrected chi connectivity index (χ3v) is 2.74. The Kier molecular flexibility index (Phi) is 2.18. The number of aromatic nitrogens is 1. The molecular weight excluding hydrogens is 220 g/mol. The summed E-state index contributed by atoms with van der Waals surface area (Å²) in [5.74, 6) is 1.85. The summed E-state index contributed by atoms with van der Waals surface area (Å²) in [6.07, 6.45) is 1.60. The van der Waals surface area contributed by atoms with Crippen molar-refractivity contribution in [3.63, 3.8) is 0 Å². The van der Waals surface area contributed by atoms with E-state index in [1.165, 1.54) is 0 Å². The third-order valence-electron chi connectivity index (χ3n) is 2.74. The first-order valence-corrected chi connectivity index (χ1v) is 5.36. The maximum absolute atomic E-state index is 5.70. The van der Waals surface area contributed by atoms with Crippen molar-refractivity contribution in [3.05, 3.63) is 23.9 Å². The van der Waals surface area contributed by atoms with Gasteiger partial charge in [0.05, 0.1) is 11.8 Å². The third kappa shape index (κ3) is 1.60. The van der Waals surface area contributed by atoms with Crippen molar-refractivity contribution in [1.29, 1.82) is 0 Å². The van der Waals surface area contributed by atoms with Gasteiger partial charge in [-0.1, -0.05) is 5.16 Å². The number of hydrogen-bond acceptors (Lipinski definition) is 5. The van der Waals surface area contributed by atoms with Crippen molar-refractivity contribution >= 4 is 5.88 Å². The summed E-state index contributed by atoms with van der Waals surface area (Å²) in [5.41, 5.74) is 8.40. The van der Waals surface area contributed by atoms with Gasteiger partial charge in [0.1, 0.15) is 13.2 Å². The number of nitrogens with zero attached hydrogens (tertiary/aromatic N) is 1. The molecule has 1 aliphatic heterocycles. The molecule has 2 heterocycles. The van der Waals surface area contributed by atoms with E-state index in [4.69, 9.17) is 19.7 Å². The molecule has 0 bridgehead atoms. The summed E-state index contributed by atoms with van der Waals surface area (Å²) in [4.78, 5) is 0. The van der Waals surface area contributed by atoms with E-state index in [0.717, 1.165) is 28.2 Å². The molecular formula is C12H12N2O3. The van der Waals surface area contributed by atoms with Crippen LogP contribution in [0.25, 0.3) is 11.1 Å². The molecule has 1 aromatic heterocycles. The van der Waals surface area contributed by atoms with Crippen LogP contribution in [0.15, 0.2) is 22.9 Å². The summed E-state index contributed by atoms with van der Waals surface area (Å²) >= 11 is 0. The Labute approximate surface area is 98.1 Å². The van der Waals surface area contributed by atoms with Crippen LogP contribution in [0, 0.1) is 6.92 Å². The van der Waals surface area contributed by atoms with Gasteiger partial charge in [0.2, 0.25) is 5.88 Å². The molecule has 2 N–H and O–H groups in total. The minimum Gasteiger partial charge on any atom is -0.486 e. The zero-order valence-electron chi connectivity index (χ0n) is 9.40. The van der Waals surface area contributed by atoms with Crippen LogP contribution in [0.2, 0.25) is 0 Å². The lowest BCUT2D eigenvalue weighted by Gasteiger charge is -2.20. The Balaban J connectivity index is 2.14. The molecule has 1 aromatic carbocycles. The number of nitrogen functional groups attached to an aromatic ring is 1. The van der Waals surface area contributed by atoms with Crippen LogP contribution in [0.3, 0.4) is 0 Å². The fourth-order valence-corrected chi connectivity index (χ4v) is 1.95. The molecule has 17 heavy (non-hydrogen) atoms. The minimum absolute atomic E-state index is 0.307. The van der Waals surface area contributed by atoms with E-state index in [-0.39, 0.29) is 0 Å². The molecule has 3 rings (SSSR count). The number of nitrogens with two attached hydrogens (primary N) is 1. The molecule has 0 radical (unpaired) electrons. The van der Waals surface area contributed by atoms with Gasteiger partial charge in [-0.25, -0.2) is 0 Å². The number of hydrogen-bond donors (Lipinski definition) is 1. The van der Waals surface area contributed by atoms with Crippen LogP contribution in [-0.4, -0.2) is 18.4 Å². The monoisotopic (exact) mass is 232 g/mol. The van der Waals surface area contributed by atoms with Crippen molar-refractivity contribution in [2.24, 2.45) is 0 Å². The molecule has 1 aliphatic rings. The van der Waals surface area contributed by atoms with Gasteiger partial charge in [0, 0.05) is 0 Å². The Morgan fingerprint density at radius 1 is 1.24 bits per heavy atom. The molecule has 5 heteroatoms. The predicted octanol–water partition coefficient (Wildman–Crippen LogP) is 2.00. The molecule has 0 aliphatic carbocycles. The standard InChI is InChI=1S/C12H12N2O3/c1-7-4-8(9-6-14-17-12(9)13)5-10-11(7)16-3-2-15-10/h4-6H,2-3,13H2,1H3. The Morgan fingerprint density at radius 2 is 2.06 bits per heavy atom. The number of benzene rings is 1. The van der Waals surface area contributed by atoms with E-state index in [1.54, 1.807) is 6.20 Å². The van der Waals surface area contributed by atoms with E-state index in [0.29, 0.717) is 19.1 Å². The number of rotatable bonds is 1. The first kappa shape index (κ1) is 10.0. The molecule has 0 saturated heterocycles. The molecule has 0 spiro atoms. The quantitative estimate of drug-likeness (QED) is 0.814. The number of anilines is 1. The maximum atomic E-state index is 5.70. The highest BCUT2D eigenvalue weighted by molar-refractivity contribution is 5.75. The Hall–Kier alpha value is -2.17. The summed E-state index contributed by atoms with van der Waals surface area (Å²) in [7, 11) is 0. The average molecular weight is 232 g/mol. The van der Waals surface area contributed by atoms with Crippen LogP contribution < -0.4 is 15.2 Å². The van der Waals surface area contributed by atoms with Gasteiger partial charge in [-0.2, -0.15) is 0 Å². The second-order valence-corrected chi connectivity index (χ2v) is 3.92. The summed E-state index contributed by atoms with van der Waals surface area (Å²) < 4.78 is 16.0. The normalized spacial score (nSPS) is 13.7. The fourth-order valence-electron chi connectivity index (χ4n) is 1.95. The predicted molar refractivity (Wildman–Crippen MR) is 62.1 cm³/mol. The van der Waals surface area contributed by atoms with Crippen LogP contribution in [0.5, 0.6) is 11.5 Å². The van der Waals surface area contributed by atoms with Crippen molar-refractivity contribution in [1.82, 2.24) is 5.16 Å². The lowest BCUT2D eigenvalue weighted by molar-refractivity contribution is 0.170. The second kappa shape index (κ2) is 3.69. The van der Waals surface area contributed by atoms with Gasteiger partial charge >= 0.3 is 0 Å². The SMILES string of the molecule is Cc1cc(-c2cnoc2N)cc2c1OCCO2.